The van der Waals surface area contributed by atoms with Gasteiger partial charge >= 0.3 is 6.03 Å². The summed E-state index contributed by atoms with van der Waals surface area (Å²) in [6.07, 6.45) is 1.76. The SMILES string of the molecule is O=C(Cc1csc(NC(=O)N2CCN(c3ccccn3)CC2)n1)Nc1nc2ccc([N+](=O)[O-])cc2s1. The first-order chi connectivity index (χ1) is 17.4. The van der Waals surface area contributed by atoms with E-state index in [0.29, 0.717) is 52.4 Å². The van der Waals surface area contributed by atoms with Crippen molar-refractivity contribution in [2.45, 2.75) is 6.42 Å². The quantitative estimate of drug-likeness (QED) is 0.287. The third kappa shape index (κ3) is 5.39. The number of carbonyl (C=O) groups excluding carboxylic acids is 2. The zero-order chi connectivity index (χ0) is 25.1. The van der Waals surface area contributed by atoms with Crippen LogP contribution in [-0.2, 0) is 11.2 Å². The van der Waals surface area contributed by atoms with E-state index in [2.05, 4.69) is 30.5 Å². The first-order valence-corrected chi connectivity index (χ1v) is 12.7. The maximum absolute atomic E-state index is 12.7. The minimum Gasteiger partial charge on any atom is -0.353 e. The van der Waals surface area contributed by atoms with E-state index >= 15 is 0 Å². The fourth-order valence-corrected chi connectivity index (χ4v) is 5.32. The van der Waals surface area contributed by atoms with Crippen molar-refractivity contribution in [2.75, 3.05) is 41.7 Å². The second-order valence-electron chi connectivity index (χ2n) is 7.89. The summed E-state index contributed by atoms with van der Waals surface area (Å²) in [4.78, 5) is 52.4. The van der Waals surface area contributed by atoms with Crippen LogP contribution in [0.15, 0.2) is 48.0 Å². The Morgan fingerprint density at radius 1 is 1.06 bits per heavy atom. The van der Waals surface area contributed by atoms with Gasteiger partial charge in [-0.3, -0.25) is 20.2 Å². The number of nitrogens with one attached hydrogen (secondary N) is 2. The summed E-state index contributed by atoms with van der Waals surface area (Å²) >= 11 is 2.41. The van der Waals surface area contributed by atoms with Crippen molar-refractivity contribution in [3.05, 3.63) is 63.8 Å². The zero-order valence-corrected chi connectivity index (χ0v) is 20.4. The van der Waals surface area contributed by atoms with Crippen LogP contribution in [0.2, 0.25) is 0 Å². The van der Waals surface area contributed by atoms with Gasteiger partial charge in [-0.1, -0.05) is 17.4 Å². The van der Waals surface area contributed by atoms with Crippen LogP contribution in [0.4, 0.5) is 26.6 Å². The van der Waals surface area contributed by atoms with E-state index in [1.165, 1.54) is 23.5 Å². The number of fused-ring (bicyclic) bond motifs is 1. The van der Waals surface area contributed by atoms with Gasteiger partial charge < -0.3 is 15.1 Å². The number of hydrogen-bond acceptors (Lipinski definition) is 10. The smallest absolute Gasteiger partial charge is 0.323 e. The van der Waals surface area contributed by atoms with Crippen molar-refractivity contribution in [3.8, 4) is 0 Å². The van der Waals surface area contributed by atoms with Crippen LogP contribution < -0.4 is 15.5 Å². The van der Waals surface area contributed by atoms with Crippen LogP contribution in [-0.4, -0.2) is 62.9 Å². The number of urea groups is 1. The molecule has 0 atom stereocenters. The van der Waals surface area contributed by atoms with Crippen LogP contribution in [0.25, 0.3) is 10.2 Å². The standard InChI is InChI=1S/C22H20N8O4S2/c31-19(26-21-25-16-5-4-15(30(33)34)12-17(16)36-21)11-14-13-35-20(24-14)27-22(32)29-9-7-28(8-10-29)18-3-1-2-6-23-18/h1-6,12-13H,7-11H2,(H,24,27,32)(H,25,26,31). The monoisotopic (exact) mass is 524 g/mol. The van der Waals surface area contributed by atoms with Gasteiger partial charge in [-0.25, -0.2) is 19.7 Å². The Morgan fingerprint density at radius 3 is 2.64 bits per heavy atom. The zero-order valence-electron chi connectivity index (χ0n) is 18.8. The van der Waals surface area contributed by atoms with E-state index in [1.54, 1.807) is 22.5 Å². The molecule has 1 aliphatic rings. The molecule has 14 heteroatoms. The van der Waals surface area contributed by atoms with Gasteiger partial charge in [0.1, 0.15) is 5.82 Å². The lowest BCUT2D eigenvalue weighted by molar-refractivity contribution is -0.384. The number of rotatable bonds is 6. The van der Waals surface area contributed by atoms with E-state index < -0.39 is 4.92 Å². The first kappa shape index (κ1) is 23.6. The molecule has 5 rings (SSSR count). The molecule has 2 N–H and O–H groups in total. The number of non-ortho nitro benzene ring substituents is 1. The number of amides is 3. The van der Waals surface area contributed by atoms with Gasteiger partial charge in [-0.2, -0.15) is 0 Å². The summed E-state index contributed by atoms with van der Waals surface area (Å²) in [6, 6.07) is 9.88. The molecule has 3 amide bonds. The van der Waals surface area contributed by atoms with Crippen molar-refractivity contribution in [2.24, 2.45) is 0 Å². The van der Waals surface area contributed by atoms with Crippen LogP contribution in [0.5, 0.6) is 0 Å². The van der Waals surface area contributed by atoms with Gasteiger partial charge in [0.25, 0.3) is 5.69 Å². The third-order valence-corrected chi connectivity index (χ3v) is 7.22. The minimum absolute atomic E-state index is 0.00515. The number of carbonyl (C=O) groups is 2. The van der Waals surface area contributed by atoms with Crippen LogP contribution >= 0.6 is 22.7 Å². The average Bonchev–Trinajstić information content (AvgIpc) is 3.49. The Labute approximate surface area is 212 Å². The normalized spacial score (nSPS) is 13.6. The summed E-state index contributed by atoms with van der Waals surface area (Å²) in [6.45, 7) is 2.50. The van der Waals surface area contributed by atoms with Gasteiger partial charge in [0.15, 0.2) is 10.3 Å². The summed E-state index contributed by atoms with van der Waals surface area (Å²) < 4.78 is 0.610. The molecule has 1 fully saturated rings. The predicted molar refractivity (Wildman–Crippen MR) is 138 cm³/mol. The van der Waals surface area contributed by atoms with Crippen molar-refractivity contribution < 1.29 is 14.5 Å². The molecule has 1 saturated heterocycles. The Bertz CT molecular complexity index is 1420. The molecule has 184 valence electrons. The van der Waals surface area contributed by atoms with Crippen LogP contribution in [0.1, 0.15) is 5.69 Å². The molecular formula is C22H20N8O4S2. The number of pyridine rings is 1. The molecule has 0 bridgehead atoms. The average molecular weight is 525 g/mol. The van der Waals surface area contributed by atoms with Gasteiger partial charge in [0.05, 0.1) is 27.3 Å². The van der Waals surface area contributed by atoms with E-state index in [-0.39, 0.29) is 24.0 Å². The molecular weight excluding hydrogens is 504 g/mol. The Hall–Kier alpha value is -4.17. The summed E-state index contributed by atoms with van der Waals surface area (Å²) in [5.74, 6) is 0.574. The highest BCUT2D eigenvalue weighted by molar-refractivity contribution is 7.22. The highest BCUT2D eigenvalue weighted by Crippen LogP contribution is 2.29. The lowest BCUT2D eigenvalue weighted by atomic mass is 10.3. The van der Waals surface area contributed by atoms with E-state index in [1.807, 2.05) is 18.2 Å². The third-order valence-electron chi connectivity index (χ3n) is 5.48. The van der Waals surface area contributed by atoms with Crippen LogP contribution in [0, 0.1) is 10.1 Å². The second-order valence-corrected chi connectivity index (χ2v) is 9.78. The molecule has 0 saturated carbocycles. The van der Waals surface area contributed by atoms with Crippen LogP contribution in [0.3, 0.4) is 0 Å². The summed E-state index contributed by atoms with van der Waals surface area (Å²) in [5, 5.41) is 18.9. The summed E-state index contributed by atoms with van der Waals surface area (Å²) in [7, 11) is 0. The lowest BCUT2D eigenvalue weighted by Gasteiger charge is -2.35. The molecule has 0 spiro atoms. The van der Waals surface area contributed by atoms with Gasteiger partial charge in [-0.15, -0.1) is 11.3 Å². The molecule has 0 radical (unpaired) electrons. The largest absolute Gasteiger partial charge is 0.353 e. The number of piperazine rings is 1. The molecule has 4 heterocycles. The van der Waals surface area contributed by atoms with Gasteiger partial charge in [0.2, 0.25) is 5.91 Å². The Kier molecular flexibility index (Phi) is 6.69. The number of nitrogens with zero attached hydrogens (tertiary/aromatic N) is 6. The number of hydrogen-bond donors (Lipinski definition) is 2. The topological polar surface area (TPSA) is 146 Å². The van der Waals surface area contributed by atoms with E-state index in [4.69, 9.17) is 0 Å². The minimum atomic E-state index is -0.474. The molecule has 0 aliphatic carbocycles. The summed E-state index contributed by atoms with van der Waals surface area (Å²) in [5.41, 5.74) is 1.06. The van der Waals surface area contributed by atoms with E-state index in [9.17, 15) is 19.7 Å². The molecule has 36 heavy (non-hydrogen) atoms. The number of nitro benzene ring substituents is 1. The van der Waals surface area contributed by atoms with Crippen molar-refractivity contribution in [1.82, 2.24) is 19.9 Å². The molecule has 1 aromatic carbocycles. The number of nitro groups is 1. The van der Waals surface area contributed by atoms with Crippen molar-refractivity contribution >= 4 is 66.6 Å². The van der Waals surface area contributed by atoms with Crippen molar-refractivity contribution in [1.29, 1.82) is 0 Å². The van der Waals surface area contributed by atoms with Crippen molar-refractivity contribution in [3.63, 3.8) is 0 Å². The predicted octanol–water partition coefficient (Wildman–Crippen LogP) is 3.59. The Morgan fingerprint density at radius 2 is 1.89 bits per heavy atom. The molecule has 0 unspecified atom stereocenters. The molecule has 1 aliphatic heterocycles. The fourth-order valence-electron chi connectivity index (χ4n) is 3.70. The maximum atomic E-state index is 12.7. The van der Waals surface area contributed by atoms with Gasteiger partial charge in [0, 0.05) is 49.9 Å². The highest BCUT2D eigenvalue weighted by Gasteiger charge is 2.22. The lowest BCUT2D eigenvalue weighted by Crippen LogP contribution is -2.50. The number of thiazole rings is 2. The number of aromatic nitrogens is 3. The molecule has 4 aromatic rings. The fraction of sp³-hybridized carbons (Fsp3) is 0.227. The molecule has 12 nitrogen and oxygen atoms in total. The Balaban J connectivity index is 1.12. The number of anilines is 3. The highest BCUT2D eigenvalue weighted by atomic mass is 32.1. The maximum Gasteiger partial charge on any atom is 0.323 e. The first-order valence-electron chi connectivity index (χ1n) is 11.0. The second kappa shape index (κ2) is 10.2. The number of benzene rings is 1. The van der Waals surface area contributed by atoms with Gasteiger partial charge in [-0.05, 0) is 18.2 Å². The molecule has 3 aromatic heterocycles. The van der Waals surface area contributed by atoms with E-state index in [0.717, 1.165) is 17.2 Å².